The Labute approximate surface area is 168 Å². The van der Waals surface area contributed by atoms with Gasteiger partial charge in [0.25, 0.3) is 0 Å². The number of aromatic nitrogens is 5. The van der Waals surface area contributed by atoms with Crippen molar-refractivity contribution < 1.29 is 21.6 Å². The third-order valence-corrected chi connectivity index (χ3v) is 7.56. The van der Waals surface area contributed by atoms with Gasteiger partial charge in [0.15, 0.2) is 38.6 Å². The molecule has 0 bridgehead atoms. The van der Waals surface area contributed by atoms with Crippen LogP contribution >= 0.6 is 0 Å². The number of sulfone groups is 1. The molecule has 156 valence electrons. The lowest BCUT2D eigenvalue weighted by Gasteiger charge is -2.12. The molecule has 0 radical (unpaired) electrons. The number of H-pyrrole nitrogens is 1. The number of rotatable bonds is 4. The second-order valence-electron chi connectivity index (χ2n) is 7.55. The molecule has 0 spiro atoms. The van der Waals surface area contributed by atoms with Crippen molar-refractivity contribution in [2.45, 2.75) is 30.1 Å². The number of aromatic amines is 1. The minimum absolute atomic E-state index is 0.0319. The molecule has 1 fully saturated rings. The lowest BCUT2D eigenvalue weighted by atomic mass is 10.1. The van der Waals surface area contributed by atoms with Crippen molar-refractivity contribution in [1.29, 1.82) is 0 Å². The Kier molecular flexibility index (Phi) is 4.31. The summed E-state index contributed by atoms with van der Waals surface area (Å²) < 4.78 is 67.8. The van der Waals surface area contributed by atoms with Gasteiger partial charge in [-0.25, -0.2) is 26.6 Å². The van der Waals surface area contributed by atoms with Crippen molar-refractivity contribution in [3.05, 3.63) is 53.9 Å². The first-order chi connectivity index (χ1) is 14.3. The molecule has 3 aromatic heterocycles. The number of halogens is 3. The maximum absolute atomic E-state index is 14.0. The molecule has 1 aliphatic carbocycles. The van der Waals surface area contributed by atoms with Crippen LogP contribution in [0.2, 0.25) is 0 Å². The summed E-state index contributed by atoms with van der Waals surface area (Å²) in [5.41, 5.74) is 2.11. The van der Waals surface area contributed by atoms with Crippen molar-refractivity contribution in [2.24, 2.45) is 5.92 Å². The fourth-order valence-corrected chi connectivity index (χ4v) is 6.01. The second-order valence-corrected chi connectivity index (χ2v) is 9.56. The summed E-state index contributed by atoms with van der Waals surface area (Å²) in [7, 11) is -4.11. The van der Waals surface area contributed by atoms with E-state index in [0.29, 0.717) is 36.6 Å². The van der Waals surface area contributed by atoms with Crippen LogP contribution in [0.25, 0.3) is 16.8 Å². The molecule has 4 aromatic rings. The van der Waals surface area contributed by atoms with E-state index < -0.39 is 32.2 Å². The summed E-state index contributed by atoms with van der Waals surface area (Å²) in [5, 5.41) is 8.45. The van der Waals surface area contributed by atoms with Crippen LogP contribution in [0.1, 0.15) is 31.0 Å². The van der Waals surface area contributed by atoms with Crippen molar-refractivity contribution in [1.82, 2.24) is 24.6 Å². The van der Waals surface area contributed by atoms with Gasteiger partial charge in [-0.3, -0.25) is 4.40 Å². The highest BCUT2D eigenvalue weighted by Crippen LogP contribution is 2.39. The fraction of sp³-hybridized carbons (Fsp3) is 0.316. The van der Waals surface area contributed by atoms with Crippen LogP contribution in [0, 0.1) is 23.4 Å². The van der Waals surface area contributed by atoms with Gasteiger partial charge in [0, 0.05) is 12.1 Å². The van der Waals surface area contributed by atoms with Gasteiger partial charge in [0.05, 0.1) is 17.5 Å². The number of nitrogens with zero attached hydrogens (tertiary/aromatic N) is 4. The summed E-state index contributed by atoms with van der Waals surface area (Å²) >= 11 is 0. The molecule has 7 nitrogen and oxygen atoms in total. The van der Waals surface area contributed by atoms with Crippen LogP contribution in [0.3, 0.4) is 0 Å². The third kappa shape index (κ3) is 2.95. The van der Waals surface area contributed by atoms with E-state index in [1.54, 1.807) is 12.4 Å². The minimum Gasteiger partial charge on any atom is -0.345 e. The van der Waals surface area contributed by atoms with E-state index in [9.17, 15) is 21.6 Å². The Morgan fingerprint density at radius 3 is 2.77 bits per heavy atom. The SMILES string of the molecule is O=S(=O)(C[C@H]1CC[C@@H](c2nnc3cnc4[nH]ccc4n23)C1)c1ccc(F)c(F)c1F. The standard InChI is InChI=1S/C19H16F3N5O2S/c20-12-3-4-14(17(22)16(12)21)30(28,29)9-10-1-2-11(7-10)19-26-25-15-8-24-18-13(27(15)19)5-6-23-18/h3-6,8,10-11,23H,1-2,7,9H2/t10-,11+/m0/s1. The quantitative estimate of drug-likeness (QED) is 0.392. The summed E-state index contributed by atoms with van der Waals surface area (Å²) in [6.07, 6.45) is 5.17. The highest BCUT2D eigenvalue weighted by molar-refractivity contribution is 7.91. The summed E-state index contributed by atoms with van der Waals surface area (Å²) in [6, 6.07) is 3.27. The summed E-state index contributed by atoms with van der Waals surface area (Å²) in [5.74, 6) is -4.79. The topological polar surface area (TPSA) is 93.0 Å². The third-order valence-electron chi connectivity index (χ3n) is 5.66. The molecule has 11 heteroatoms. The molecule has 0 aliphatic heterocycles. The lowest BCUT2D eigenvalue weighted by molar-refractivity contribution is 0.431. The van der Waals surface area contributed by atoms with E-state index in [1.807, 2.05) is 10.5 Å². The van der Waals surface area contributed by atoms with Crippen LogP contribution < -0.4 is 0 Å². The van der Waals surface area contributed by atoms with Crippen molar-refractivity contribution >= 4 is 26.6 Å². The molecule has 5 rings (SSSR count). The first-order valence-electron chi connectivity index (χ1n) is 9.38. The van der Waals surface area contributed by atoms with Crippen molar-refractivity contribution in [2.75, 3.05) is 5.75 Å². The van der Waals surface area contributed by atoms with Gasteiger partial charge in [-0.2, -0.15) is 0 Å². The first kappa shape index (κ1) is 19.0. The number of benzene rings is 1. The zero-order valence-electron chi connectivity index (χ0n) is 15.5. The molecular formula is C19H16F3N5O2S. The average molecular weight is 435 g/mol. The molecule has 1 aliphatic rings. The second kappa shape index (κ2) is 6.79. The fourth-order valence-electron chi connectivity index (χ4n) is 4.27. The van der Waals surface area contributed by atoms with Crippen LogP contribution in [0.4, 0.5) is 13.2 Å². The molecule has 3 heterocycles. The summed E-state index contributed by atoms with van der Waals surface area (Å²) in [6.45, 7) is 0. The van der Waals surface area contributed by atoms with E-state index >= 15 is 0 Å². The number of fused-ring (bicyclic) bond motifs is 3. The maximum atomic E-state index is 14.0. The Bertz CT molecular complexity index is 1380. The Balaban J connectivity index is 1.41. The Morgan fingerprint density at radius 2 is 1.93 bits per heavy atom. The maximum Gasteiger partial charge on any atom is 0.195 e. The van der Waals surface area contributed by atoms with Crippen LogP contribution in [-0.4, -0.2) is 38.7 Å². The molecule has 0 amide bonds. The van der Waals surface area contributed by atoms with E-state index in [4.69, 9.17) is 0 Å². The summed E-state index contributed by atoms with van der Waals surface area (Å²) in [4.78, 5) is 6.50. The predicted octanol–water partition coefficient (Wildman–Crippen LogP) is 3.38. The first-order valence-corrected chi connectivity index (χ1v) is 11.0. The van der Waals surface area contributed by atoms with Crippen LogP contribution in [-0.2, 0) is 9.84 Å². The molecule has 30 heavy (non-hydrogen) atoms. The predicted molar refractivity (Wildman–Crippen MR) is 101 cm³/mol. The molecule has 0 saturated heterocycles. The van der Waals surface area contributed by atoms with Gasteiger partial charge in [0.1, 0.15) is 10.7 Å². The monoisotopic (exact) mass is 435 g/mol. The molecule has 2 atom stereocenters. The van der Waals surface area contributed by atoms with Crippen LogP contribution in [0.5, 0.6) is 0 Å². The largest absolute Gasteiger partial charge is 0.345 e. The average Bonchev–Trinajstić information content (AvgIpc) is 3.43. The van der Waals surface area contributed by atoms with Crippen molar-refractivity contribution in [3.8, 4) is 0 Å². The molecule has 1 N–H and O–H groups in total. The van der Waals surface area contributed by atoms with Gasteiger partial charge in [0.2, 0.25) is 0 Å². The van der Waals surface area contributed by atoms with E-state index in [1.165, 1.54) is 0 Å². The molecular weight excluding hydrogens is 419 g/mol. The zero-order valence-corrected chi connectivity index (χ0v) is 16.3. The minimum atomic E-state index is -4.11. The number of hydrogen-bond acceptors (Lipinski definition) is 5. The highest BCUT2D eigenvalue weighted by atomic mass is 32.2. The Morgan fingerprint density at radius 1 is 1.10 bits per heavy atom. The number of hydrogen-bond donors (Lipinski definition) is 1. The molecule has 0 unspecified atom stereocenters. The zero-order chi connectivity index (χ0) is 21.0. The van der Waals surface area contributed by atoms with Crippen LogP contribution in [0.15, 0.2) is 35.5 Å². The van der Waals surface area contributed by atoms with E-state index in [0.717, 1.165) is 17.4 Å². The highest BCUT2D eigenvalue weighted by Gasteiger charge is 2.34. The molecule has 1 saturated carbocycles. The van der Waals surface area contributed by atoms with Crippen molar-refractivity contribution in [3.63, 3.8) is 0 Å². The van der Waals surface area contributed by atoms with Gasteiger partial charge in [-0.1, -0.05) is 0 Å². The molecule has 1 aromatic carbocycles. The normalized spacial score (nSPS) is 19.8. The van der Waals surface area contributed by atoms with Gasteiger partial charge >= 0.3 is 0 Å². The smallest absolute Gasteiger partial charge is 0.195 e. The van der Waals surface area contributed by atoms with E-state index in [-0.39, 0.29) is 17.6 Å². The van der Waals surface area contributed by atoms with E-state index in [2.05, 4.69) is 20.2 Å². The lowest BCUT2D eigenvalue weighted by Crippen LogP contribution is -2.17. The van der Waals surface area contributed by atoms with Gasteiger partial charge in [-0.15, -0.1) is 10.2 Å². The number of nitrogens with one attached hydrogen (secondary N) is 1. The van der Waals surface area contributed by atoms with Gasteiger partial charge < -0.3 is 4.98 Å². The van der Waals surface area contributed by atoms with Gasteiger partial charge in [-0.05, 0) is 43.4 Å². The Hall–Kier alpha value is -2.95.